The molecule has 28 heavy (non-hydrogen) atoms. The van der Waals surface area contributed by atoms with Crippen LogP contribution in [0.4, 0.5) is 5.69 Å². The fourth-order valence-corrected chi connectivity index (χ4v) is 2.60. The monoisotopic (exact) mass is 384 g/mol. The standard InChI is InChI=1S/C21H24N2O5/c1-4-27-19-11-10-17(14-20(19)28-5-2)15(3)22-21(24)12-9-16-7-6-8-18(13-16)23(25)26/h6-15H,4-5H2,1-3H3,(H,22,24)/b12-9+/t15-/m1/s1. The number of nitro benzene ring substituents is 1. The predicted molar refractivity (Wildman–Crippen MR) is 107 cm³/mol. The number of rotatable bonds is 9. The van der Waals surface area contributed by atoms with E-state index < -0.39 is 4.92 Å². The average molecular weight is 384 g/mol. The summed E-state index contributed by atoms with van der Waals surface area (Å²) in [6.45, 7) is 6.71. The molecule has 1 amide bonds. The third kappa shape index (κ3) is 5.84. The van der Waals surface area contributed by atoms with Gasteiger partial charge in [0.1, 0.15) is 0 Å². The van der Waals surface area contributed by atoms with Crippen molar-refractivity contribution < 1.29 is 19.2 Å². The van der Waals surface area contributed by atoms with Crippen LogP contribution in [-0.4, -0.2) is 24.0 Å². The Labute approximate surface area is 164 Å². The highest BCUT2D eigenvalue weighted by Crippen LogP contribution is 2.30. The maximum absolute atomic E-state index is 12.2. The SMILES string of the molecule is CCOc1ccc([C@@H](C)NC(=O)/C=C/c2cccc([N+](=O)[O-])c2)cc1OCC. The number of ether oxygens (including phenoxy) is 2. The number of carbonyl (C=O) groups excluding carboxylic acids is 1. The molecule has 2 aromatic rings. The van der Waals surface area contributed by atoms with E-state index in [-0.39, 0.29) is 17.6 Å². The van der Waals surface area contributed by atoms with Crippen molar-refractivity contribution in [1.82, 2.24) is 5.32 Å². The van der Waals surface area contributed by atoms with Crippen LogP contribution in [-0.2, 0) is 4.79 Å². The van der Waals surface area contributed by atoms with Crippen LogP contribution in [0, 0.1) is 10.1 Å². The minimum atomic E-state index is -0.471. The highest BCUT2D eigenvalue weighted by molar-refractivity contribution is 5.92. The van der Waals surface area contributed by atoms with Crippen molar-refractivity contribution in [2.75, 3.05) is 13.2 Å². The third-order valence-electron chi connectivity index (χ3n) is 3.93. The molecule has 0 aliphatic heterocycles. The number of carbonyl (C=O) groups is 1. The fourth-order valence-electron chi connectivity index (χ4n) is 2.60. The summed E-state index contributed by atoms with van der Waals surface area (Å²) in [5.41, 5.74) is 1.44. The Kier molecular flexibility index (Phi) is 7.56. The zero-order valence-electron chi connectivity index (χ0n) is 16.2. The lowest BCUT2D eigenvalue weighted by atomic mass is 10.1. The van der Waals surface area contributed by atoms with Crippen LogP contribution in [0.5, 0.6) is 11.5 Å². The minimum absolute atomic E-state index is 0.0197. The van der Waals surface area contributed by atoms with Gasteiger partial charge in [0.15, 0.2) is 11.5 Å². The van der Waals surface area contributed by atoms with Gasteiger partial charge in [-0.05, 0) is 50.1 Å². The van der Waals surface area contributed by atoms with Gasteiger partial charge in [-0.1, -0.05) is 18.2 Å². The summed E-state index contributed by atoms with van der Waals surface area (Å²) in [6.07, 6.45) is 2.90. The minimum Gasteiger partial charge on any atom is -0.490 e. The van der Waals surface area contributed by atoms with Crippen LogP contribution < -0.4 is 14.8 Å². The van der Waals surface area contributed by atoms with Gasteiger partial charge in [0.05, 0.1) is 24.2 Å². The highest BCUT2D eigenvalue weighted by atomic mass is 16.6. The molecule has 0 unspecified atom stereocenters. The van der Waals surface area contributed by atoms with Crippen LogP contribution in [0.2, 0.25) is 0 Å². The topological polar surface area (TPSA) is 90.7 Å². The Bertz CT molecular complexity index is 864. The Morgan fingerprint density at radius 3 is 2.54 bits per heavy atom. The Morgan fingerprint density at radius 2 is 1.86 bits per heavy atom. The first kappa shape index (κ1) is 21.0. The fraction of sp³-hybridized carbons (Fsp3) is 0.286. The Hall–Kier alpha value is -3.35. The van der Waals surface area contributed by atoms with Crippen LogP contribution in [0.3, 0.4) is 0 Å². The van der Waals surface area contributed by atoms with Crippen molar-refractivity contribution in [1.29, 1.82) is 0 Å². The molecule has 0 radical (unpaired) electrons. The molecule has 0 bridgehead atoms. The molecular formula is C21H24N2O5. The molecule has 148 valence electrons. The number of non-ortho nitro benzene ring substituents is 1. The second kappa shape index (κ2) is 10.1. The first-order chi connectivity index (χ1) is 13.4. The first-order valence-electron chi connectivity index (χ1n) is 9.07. The van der Waals surface area contributed by atoms with Gasteiger partial charge in [-0.25, -0.2) is 0 Å². The van der Waals surface area contributed by atoms with Crippen molar-refractivity contribution in [2.45, 2.75) is 26.8 Å². The summed E-state index contributed by atoms with van der Waals surface area (Å²) >= 11 is 0. The number of nitrogens with one attached hydrogen (secondary N) is 1. The van der Waals surface area contributed by atoms with E-state index in [1.54, 1.807) is 18.2 Å². The van der Waals surface area contributed by atoms with E-state index in [2.05, 4.69) is 5.32 Å². The zero-order chi connectivity index (χ0) is 20.5. The molecule has 0 aliphatic rings. The van der Waals surface area contributed by atoms with E-state index in [9.17, 15) is 14.9 Å². The molecule has 0 spiro atoms. The molecule has 0 heterocycles. The van der Waals surface area contributed by atoms with Crippen LogP contribution >= 0.6 is 0 Å². The van der Waals surface area contributed by atoms with Gasteiger partial charge in [0, 0.05) is 18.2 Å². The van der Waals surface area contributed by atoms with Crippen molar-refractivity contribution in [3.05, 3.63) is 69.8 Å². The van der Waals surface area contributed by atoms with Gasteiger partial charge < -0.3 is 14.8 Å². The van der Waals surface area contributed by atoms with Gasteiger partial charge in [0.2, 0.25) is 5.91 Å². The largest absolute Gasteiger partial charge is 0.490 e. The zero-order valence-corrected chi connectivity index (χ0v) is 16.2. The molecule has 0 aliphatic carbocycles. The van der Waals surface area contributed by atoms with E-state index in [0.29, 0.717) is 30.3 Å². The van der Waals surface area contributed by atoms with Crippen molar-refractivity contribution in [3.8, 4) is 11.5 Å². The summed E-state index contributed by atoms with van der Waals surface area (Å²) in [6, 6.07) is 11.4. The highest BCUT2D eigenvalue weighted by Gasteiger charge is 2.12. The normalized spacial score (nSPS) is 11.8. The number of benzene rings is 2. The van der Waals surface area contributed by atoms with E-state index >= 15 is 0 Å². The smallest absolute Gasteiger partial charge is 0.270 e. The lowest BCUT2D eigenvalue weighted by Crippen LogP contribution is -2.24. The van der Waals surface area contributed by atoms with Gasteiger partial charge in [-0.3, -0.25) is 14.9 Å². The van der Waals surface area contributed by atoms with Gasteiger partial charge >= 0.3 is 0 Å². The molecule has 0 saturated heterocycles. The summed E-state index contributed by atoms with van der Waals surface area (Å²) in [4.78, 5) is 22.6. The summed E-state index contributed by atoms with van der Waals surface area (Å²) in [5.74, 6) is 0.998. The second-order valence-corrected chi connectivity index (χ2v) is 5.99. The summed E-state index contributed by atoms with van der Waals surface area (Å²) in [7, 11) is 0. The predicted octanol–water partition coefficient (Wildman–Crippen LogP) is 4.28. The molecule has 1 N–H and O–H groups in total. The van der Waals surface area contributed by atoms with E-state index in [1.165, 1.54) is 18.2 Å². The number of hydrogen-bond acceptors (Lipinski definition) is 5. The number of amides is 1. The number of nitrogens with zero attached hydrogens (tertiary/aromatic N) is 1. The lowest BCUT2D eigenvalue weighted by Gasteiger charge is -2.17. The molecule has 2 rings (SSSR count). The molecule has 0 saturated carbocycles. The van der Waals surface area contributed by atoms with Gasteiger partial charge in [-0.2, -0.15) is 0 Å². The molecule has 7 heteroatoms. The molecule has 0 aromatic heterocycles. The van der Waals surface area contributed by atoms with Crippen LogP contribution in [0.15, 0.2) is 48.5 Å². The molecule has 1 atom stereocenters. The molecule has 0 fully saturated rings. The van der Waals surface area contributed by atoms with E-state index in [0.717, 1.165) is 5.56 Å². The average Bonchev–Trinajstić information content (AvgIpc) is 2.68. The lowest BCUT2D eigenvalue weighted by molar-refractivity contribution is -0.384. The Morgan fingerprint density at radius 1 is 1.14 bits per heavy atom. The van der Waals surface area contributed by atoms with Crippen molar-refractivity contribution in [2.24, 2.45) is 0 Å². The molecular weight excluding hydrogens is 360 g/mol. The third-order valence-corrected chi connectivity index (χ3v) is 3.93. The van der Waals surface area contributed by atoms with E-state index in [1.807, 2.05) is 39.0 Å². The quantitative estimate of drug-likeness (QED) is 0.396. The first-order valence-corrected chi connectivity index (χ1v) is 9.07. The van der Waals surface area contributed by atoms with Gasteiger partial charge in [-0.15, -0.1) is 0 Å². The number of hydrogen-bond donors (Lipinski definition) is 1. The second-order valence-electron chi connectivity index (χ2n) is 5.99. The van der Waals surface area contributed by atoms with Crippen LogP contribution in [0.1, 0.15) is 37.9 Å². The van der Waals surface area contributed by atoms with E-state index in [4.69, 9.17) is 9.47 Å². The van der Waals surface area contributed by atoms with Crippen molar-refractivity contribution in [3.63, 3.8) is 0 Å². The summed E-state index contributed by atoms with van der Waals surface area (Å²) in [5, 5.41) is 13.7. The van der Waals surface area contributed by atoms with Crippen LogP contribution in [0.25, 0.3) is 6.08 Å². The maximum atomic E-state index is 12.2. The Balaban J connectivity index is 2.06. The molecule has 7 nitrogen and oxygen atoms in total. The number of nitro groups is 1. The maximum Gasteiger partial charge on any atom is 0.270 e. The molecule has 2 aromatic carbocycles. The van der Waals surface area contributed by atoms with Gasteiger partial charge in [0.25, 0.3) is 5.69 Å². The van der Waals surface area contributed by atoms with Crippen molar-refractivity contribution >= 4 is 17.7 Å². The summed E-state index contributed by atoms with van der Waals surface area (Å²) < 4.78 is 11.2.